The second-order valence-electron chi connectivity index (χ2n) is 5.65. The van der Waals surface area contributed by atoms with Crippen molar-refractivity contribution in [3.8, 4) is 5.75 Å². The van der Waals surface area contributed by atoms with Crippen LogP contribution >= 0.6 is 0 Å². The van der Waals surface area contributed by atoms with Gasteiger partial charge in [0.1, 0.15) is 5.75 Å². The van der Waals surface area contributed by atoms with Crippen molar-refractivity contribution in [3.05, 3.63) is 28.8 Å². The van der Waals surface area contributed by atoms with Crippen molar-refractivity contribution in [2.24, 2.45) is 0 Å². The zero-order valence-corrected chi connectivity index (χ0v) is 12.2. The third kappa shape index (κ3) is 4.17. The molecular weight excluding hydrogens is 260 g/mol. The fraction of sp³-hybridized carbons (Fsp3) is 0.625. The Morgan fingerprint density at radius 2 is 1.75 bits per heavy atom. The van der Waals surface area contributed by atoms with Crippen LogP contribution in [0.4, 0.5) is 8.78 Å². The quantitative estimate of drug-likeness (QED) is 0.868. The zero-order chi connectivity index (χ0) is 14.5. The highest BCUT2D eigenvalue weighted by Gasteiger charge is 2.14. The average Bonchev–Trinajstić information content (AvgIpc) is 2.41. The Labute approximate surface area is 119 Å². The topological polar surface area (TPSA) is 21.3 Å². The largest absolute Gasteiger partial charge is 0.434 e. The molecule has 0 aromatic heterocycles. The minimum atomic E-state index is -2.77. The van der Waals surface area contributed by atoms with E-state index in [0.717, 1.165) is 23.2 Å². The van der Waals surface area contributed by atoms with Crippen LogP contribution in [0.25, 0.3) is 0 Å². The number of hydrogen-bond acceptors (Lipinski definition) is 2. The number of aryl methyl sites for hydroxylation is 2. The molecule has 1 aliphatic rings. The van der Waals surface area contributed by atoms with Crippen LogP contribution in [0.3, 0.4) is 0 Å². The summed E-state index contributed by atoms with van der Waals surface area (Å²) < 4.78 is 29.2. The molecule has 20 heavy (non-hydrogen) atoms. The summed E-state index contributed by atoms with van der Waals surface area (Å²) in [6.07, 6.45) is 6.43. The maximum absolute atomic E-state index is 12.3. The third-order valence-electron chi connectivity index (χ3n) is 3.93. The summed E-state index contributed by atoms with van der Waals surface area (Å²) >= 11 is 0. The van der Waals surface area contributed by atoms with Crippen molar-refractivity contribution >= 4 is 0 Å². The van der Waals surface area contributed by atoms with E-state index in [1.165, 1.54) is 32.1 Å². The molecule has 1 N–H and O–H groups in total. The van der Waals surface area contributed by atoms with Crippen LogP contribution in [-0.2, 0) is 6.54 Å². The number of ether oxygens (including phenoxy) is 1. The lowest BCUT2D eigenvalue weighted by atomic mass is 9.95. The first-order valence-electron chi connectivity index (χ1n) is 7.34. The molecule has 0 radical (unpaired) electrons. The van der Waals surface area contributed by atoms with Gasteiger partial charge < -0.3 is 10.1 Å². The first-order valence-corrected chi connectivity index (χ1v) is 7.34. The van der Waals surface area contributed by atoms with Crippen LogP contribution in [0.2, 0.25) is 0 Å². The number of rotatable bonds is 5. The Bertz CT molecular complexity index is 419. The van der Waals surface area contributed by atoms with Gasteiger partial charge in [0.25, 0.3) is 0 Å². The van der Waals surface area contributed by atoms with E-state index in [2.05, 4.69) is 10.1 Å². The molecule has 0 saturated heterocycles. The van der Waals surface area contributed by atoms with Crippen molar-refractivity contribution in [3.63, 3.8) is 0 Å². The van der Waals surface area contributed by atoms with Gasteiger partial charge in [-0.15, -0.1) is 0 Å². The predicted octanol–water partition coefficient (Wildman–Crippen LogP) is 4.33. The van der Waals surface area contributed by atoms with Crippen molar-refractivity contribution in [2.45, 2.75) is 65.1 Å². The third-order valence-corrected chi connectivity index (χ3v) is 3.93. The van der Waals surface area contributed by atoms with Crippen molar-refractivity contribution < 1.29 is 13.5 Å². The van der Waals surface area contributed by atoms with E-state index in [1.807, 2.05) is 26.0 Å². The second-order valence-corrected chi connectivity index (χ2v) is 5.65. The summed E-state index contributed by atoms with van der Waals surface area (Å²) in [6, 6.07) is 4.46. The molecule has 1 saturated carbocycles. The molecule has 0 bridgehead atoms. The van der Waals surface area contributed by atoms with Crippen molar-refractivity contribution in [2.75, 3.05) is 0 Å². The Morgan fingerprint density at radius 1 is 1.15 bits per heavy atom. The highest BCUT2D eigenvalue weighted by Crippen LogP contribution is 2.26. The molecule has 1 aromatic rings. The van der Waals surface area contributed by atoms with Gasteiger partial charge in [0.15, 0.2) is 0 Å². The lowest BCUT2D eigenvalue weighted by Crippen LogP contribution is -2.30. The maximum Gasteiger partial charge on any atom is 0.387 e. The molecule has 1 aromatic carbocycles. The molecule has 112 valence electrons. The fourth-order valence-corrected chi connectivity index (χ4v) is 2.99. The highest BCUT2D eigenvalue weighted by atomic mass is 19.3. The molecule has 2 rings (SSSR count). The Kier molecular flexibility index (Phi) is 5.35. The molecule has 0 spiro atoms. The molecule has 4 heteroatoms. The molecule has 0 atom stereocenters. The van der Waals surface area contributed by atoms with Crippen molar-refractivity contribution in [1.29, 1.82) is 0 Å². The second kappa shape index (κ2) is 7.02. The molecule has 0 aliphatic heterocycles. The predicted molar refractivity (Wildman–Crippen MR) is 76.3 cm³/mol. The summed E-state index contributed by atoms with van der Waals surface area (Å²) in [5, 5.41) is 3.56. The smallest absolute Gasteiger partial charge is 0.387 e. The van der Waals surface area contributed by atoms with E-state index in [0.29, 0.717) is 11.8 Å². The standard InChI is InChI=1S/C16H23F2NO/c1-11-8-13(9-12(2)15(11)20-16(17)18)10-19-14-6-4-3-5-7-14/h8-9,14,16,19H,3-7,10H2,1-2H3. The molecule has 1 fully saturated rings. The van der Waals surface area contributed by atoms with Crippen LogP contribution in [0.15, 0.2) is 12.1 Å². The van der Waals surface area contributed by atoms with Crippen LogP contribution in [-0.4, -0.2) is 12.7 Å². The minimum absolute atomic E-state index is 0.307. The highest BCUT2D eigenvalue weighted by molar-refractivity contribution is 5.43. The van der Waals surface area contributed by atoms with Gasteiger partial charge in [0, 0.05) is 12.6 Å². The number of halogens is 2. The van der Waals surface area contributed by atoms with Crippen LogP contribution in [0.5, 0.6) is 5.75 Å². The molecule has 0 unspecified atom stereocenters. The summed E-state index contributed by atoms with van der Waals surface area (Å²) in [7, 11) is 0. The van der Waals surface area contributed by atoms with E-state index >= 15 is 0 Å². The van der Waals surface area contributed by atoms with E-state index in [9.17, 15) is 8.78 Å². The van der Waals surface area contributed by atoms with Gasteiger partial charge in [-0.2, -0.15) is 8.78 Å². The SMILES string of the molecule is Cc1cc(CNC2CCCCC2)cc(C)c1OC(F)F. The van der Waals surface area contributed by atoms with Crippen LogP contribution in [0.1, 0.15) is 48.8 Å². The fourth-order valence-electron chi connectivity index (χ4n) is 2.99. The molecule has 2 nitrogen and oxygen atoms in total. The van der Waals surface area contributed by atoms with Gasteiger partial charge in [-0.1, -0.05) is 31.4 Å². The van der Waals surface area contributed by atoms with Gasteiger partial charge in [-0.05, 0) is 43.4 Å². The Balaban J connectivity index is 1.98. The van der Waals surface area contributed by atoms with Gasteiger partial charge in [0.2, 0.25) is 0 Å². The first-order chi connectivity index (χ1) is 9.56. The minimum Gasteiger partial charge on any atom is -0.434 e. The van der Waals surface area contributed by atoms with E-state index in [-0.39, 0.29) is 0 Å². The van der Waals surface area contributed by atoms with E-state index in [1.54, 1.807) is 0 Å². The normalized spacial score (nSPS) is 16.6. The average molecular weight is 283 g/mol. The van der Waals surface area contributed by atoms with Crippen molar-refractivity contribution in [1.82, 2.24) is 5.32 Å². The maximum atomic E-state index is 12.3. The summed E-state index contributed by atoms with van der Waals surface area (Å²) in [5.74, 6) is 0.307. The van der Waals surface area contributed by atoms with E-state index < -0.39 is 6.61 Å². The van der Waals surface area contributed by atoms with Gasteiger partial charge in [-0.3, -0.25) is 0 Å². The molecule has 1 aliphatic carbocycles. The molecular formula is C16H23F2NO. The van der Waals surface area contributed by atoms with Gasteiger partial charge in [0.05, 0.1) is 0 Å². The Hall–Kier alpha value is -1.16. The van der Waals surface area contributed by atoms with Crippen LogP contribution in [0, 0.1) is 13.8 Å². The summed E-state index contributed by atoms with van der Waals surface area (Å²) in [5.41, 5.74) is 2.67. The zero-order valence-electron chi connectivity index (χ0n) is 12.2. The number of alkyl halides is 2. The van der Waals surface area contributed by atoms with Gasteiger partial charge in [-0.25, -0.2) is 0 Å². The van der Waals surface area contributed by atoms with Crippen LogP contribution < -0.4 is 10.1 Å². The summed E-state index contributed by atoms with van der Waals surface area (Å²) in [6.45, 7) is 1.66. The number of hydrogen-bond donors (Lipinski definition) is 1. The lowest BCUT2D eigenvalue weighted by molar-refractivity contribution is -0.0507. The summed E-state index contributed by atoms with van der Waals surface area (Å²) in [4.78, 5) is 0. The number of nitrogens with one attached hydrogen (secondary N) is 1. The van der Waals surface area contributed by atoms with Gasteiger partial charge >= 0.3 is 6.61 Å². The molecule has 0 amide bonds. The Morgan fingerprint density at radius 3 is 2.30 bits per heavy atom. The number of benzene rings is 1. The molecule has 0 heterocycles. The van der Waals surface area contributed by atoms with E-state index in [4.69, 9.17) is 0 Å². The monoisotopic (exact) mass is 283 g/mol. The lowest BCUT2D eigenvalue weighted by Gasteiger charge is -2.23. The first kappa shape index (κ1) is 15.2.